The van der Waals surface area contributed by atoms with E-state index >= 15 is 0 Å². The molecule has 0 aromatic heterocycles. The normalized spacial score (nSPS) is 19.0. The maximum Gasteiger partial charge on any atom is 0.308 e. The highest BCUT2D eigenvalue weighted by atomic mass is 79.9. The van der Waals surface area contributed by atoms with E-state index in [1.54, 1.807) is 0 Å². The molecule has 0 aliphatic carbocycles. The number of carbonyl (C=O) groups is 2. The average Bonchev–Trinajstić information content (AvgIpc) is 2.81. The van der Waals surface area contributed by atoms with Crippen molar-refractivity contribution >= 4 is 27.8 Å². The number of amides is 1. The first-order chi connectivity index (χ1) is 8.49. The summed E-state index contributed by atoms with van der Waals surface area (Å²) in [6.07, 6.45) is 0.439. The van der Waals surface area contributed by atoms with Crippen molar-refractivity contribution in [3.05, 3.63) is 34.1 Å². The van der Waals surface area contributed by atoms with Gasteiger partial charge < -0.3 is 10.0 Å². The van der Waals surface area contributed by atoms with Crippen LogP contribution in [0.1, 0.15) is 16.8 Å². The Kier molecular flexibility index (Phi) is 3.65. The SMILES string of the molecule is O=C(O)[C@H]1CCN(C(=O)c2cc(F)ccc2Br)C1. The molecule has 1 amide bonds. The lowest BCUT2D eigenvalue weighted by molar-refractivity contribution is -0.141. The fourth-order valence-corrected chi connectivity index (χ4v) is 2.39. The van der Waals surface area contributed by atoms with Gasteiger partial charge in [0.2, 0.25) is 0 Å². The van der Waals surface area contributed by atoms with Gasteiger partial charge in [0.05, 0.1) is 11.5 Å². The number of rotatable bonds is 2. The smallest absolute Gasteiger partial charge is 0.308 e. The van der Waals surface area contributed by atoms with Crippen molar-refractivity contribution in [2.45, 2.75) is 6.42 Å². The van der Waals surface area contributed by atoms with E-state index in [1.807, 2.05) is 0 Å². The third-order valence-electron chi connectivity index (χ3n) is 2.98. The molecule has 6 heteroatoms. The van der Waals surface area contributed by atoms with Gasteiger partial charge >= 0.3 is 5.97 Å². The number of benzene rings is 1. The lowest BCUT2D eigenvalue weighted by atomic mass is 10.1. The van der Waals surface area contributed by atoms with Crippen LogP contribution in [0.25, 0.3) is 0 Å². The summed E-state index contributed by atoms with van der Waals surface area (Å²) in [6.45, 7) is 0.565. The van der Waals surface area contributed by atoms with Crippen LogP contribution in [0.5, 0.6) is 0 Å². The van der Waals surface area contributed by atoms with Crippen molar-refractivity contribution in [3.63, 3.8) is 0 Å². The average molecular weight is 316 g/mol. The molecule has 1 atom stereocenters. The monoisotopic (exact) mass is 315 g/mol. The number of likely N-dealkylation sites (tertiary alicyclic amines) is 1. The summed E-state index contributed by atoms with van der Waals surface area (Å²) in [7, 11) is 0. The first-order valence-electron chi connectivity index (χ1n) is 5.46. The van der Waals surface area contributed by atoms with Gasteiger partial charge in [-0.2, -0.15) is 0 Å². The molecule has 1 aliphatic heterocycles. The lowest BCUT2D eigenvalue weighted by Gasteiger charge is -2.16. The third kappa shape index (κ3) is 2.53. The molecule has 1 heterocycles. The molecular formula is C12H11BrFNO3. The predicted molar refractivity (Wildman–Crippen MR) is 65.7 cm³/mol. The molecule has 1 aromatic rings. The van der Waals surface area contributed by atoms with E-state index in [9.17, 15) is 14.0 Å². The quantitative estimate of drug-likeness (QED) is 0.909. The third-order valence-corrected chi connectivity index (χ3v) is 3.68. The number of halogens is 2. The predicted octanol–water partition coefficient (Wildman–Crippen LogP) is 2.13. The van der Waals surface area contributed by atoms with Gasteiger partial charge in [0.15, 0.2) is 0 Å². The highest BCUT2D eigenvalue weighted by Gasteiger charge is 2.31. The van der Waals surface area contributed by atoms with Crippen LogP contribution in [-0.2, 0) is 4.79 Å². The molecule has 0 saturated carbocycles. The summed E-state index contributed by atoms with van der Waals surface area (Å²) in [5.41, 5.74) is 0.223. The number of carbonyl (C=O) groups excluding carboxylic acids is 1. The molecule has 1 saturated heterocycles. The first kappa shape index (κ1) is 13.0. The van der Waals surface area contributed by atoms with Crippen molar-refractivity contribution in [3.8, 4) is 0 Å². The van der Waals surface area contributed by atoms with Gasteiger partial charge in [-0.3, -0.25) is 9.59 Å². The van der Waals surface area contributed by atoms with Crippen LogP contribution >= 0.6 is 15.9 Å². The fourth-order valence-electron chi connectivity index (χ4n) is 1.98. The van der Waals surface area contributed by atoms with Crippen LogP contribution in [0.3, 0.4) is 0 Å². The van der Waals surface area contributed by atoms with E-state index in [0.717, 1.165) is 6.07 Å². The second kappa shape index (κ2) is 5.06. The molecule has 1 aromatic carbocycles. The molecule has 4 nitrogen and oxygen atoms in total. The Labute approximate surface area is 112 Å². The van der Waals surface area contributed by atoms with Crippen molar-refractivity contribution in [2.75, 3.05) is 13.1 Å². The summed E-state index contributed by atoms with van der Waals surface area (Å²) in [5.74, 6) is -2.26. The molecule has 1 aliphatic rings. The van der Waals surface area contributed by atoms with Gasteiger partial charge in [-0.15, -0.1) is 0 Å². The first-order valence-corrected chi connectivity index (χ1v) is 6.25. The second-order valence-electron chi connectivity index (χ2n) is 4.20. The minimum Gasteiger partial charge on any atom is -0.481 e. The van der Waals surface area contributed by atoms with Gasteiger partial charge in [0.25, 0.3) is 5.91 Å². The second-order valence-corrected chi connectivity index (χ2v) is 5.05. The number of carboxylic acids is 1. The number of carboxylic acid groups (broad SMARTS) is 1. The Morgan fingerprint density at radius 3 is 2.78 bits per heavy atom. The highest BCUT2D eigenvalue weighted by Crippen LogP contribution is 2.23. The van der Waals surface area contributed by atoms with E-state index < -0.39 is 17.7 Å². The Morgan fingerprint density at radius 1 is 1.44 bits per heavy atom. The van der Waals surface area contributed by atoms with Crippen LogP contribution in [0, 0.1) is 11.7 Å². The van der Waals surface area contributed by atoms with Crippen LogP contribution in [0.2, 0.25) is 0 Å². The van der Waals surface area contributed by atoms with Gasteiger partial charge in [-0.25, -0.2) is 4.39 Å². The van der Waals surface area contributed by atoms with Crippen molar-refractivity contribution in [2.24, 2.45) is 5.92 Å². The van der Waals surface area contributed by atoms with E-state index in [-0.39, 0.29) is 18.0 Å². The Bertz CT molecular complexity index is 506. The molecular weight excluding hydrogens is 305 g/mol. The number of hydrogen-bond acceptors (Lipinski definition) is 2. The molecule has 1 N–H and O–H groups in total. The van der Waals surface area contributed by atoms with Gasteiger partial charge in [-0.05, 0) is 40.5 Å². The van der Waals surface area contributed by atoms with Crippen molar-refractivity contribution in [1.82, 2.24) is 4.90 Å². The maximum absolute atomic E-state index is 13.1. The number of hydrogen-bond donors (Lipinski definition) is 1. The van der Waals surface area contributed by atoms with E-state index in [2.05, 4.69) is 15.9 Å². The lowest BCUT2D eigenvalue weighted by Crippen LogP contribution is -2.30. The fraction of sp³-hybridized carbons (Fsp3) is 0.333. The van der Waals surface area contributed by atoms with Gasteiger partial charge in [0.1, 0.15) is 5.82 Å². The summed E-state index contributed by atoms with van der Waals surface area (Å²) in [4.78, 5) is 24.4. The zero-order valence-electron chi connectivity index (χ0n) is 9.40. The van der Waals surface area contributed by atoms with Gasteiger partial charge in [0, 0.05) is 17.6 Å². The molecule has 0 bridgehead atoms. The summed E-state index contributed by atoms with van der Waals surface area (Å²) in [5, 5.41) is 8.87. The molecule has 1 fully saturated rings. The summed E-state index contributed by atoms with van der Waals surface area (Å²) >= 11 is 3.19. The molecule has 18 heavy (non-hydrogen) atoms. The largest absolute Gasteiger partial charge is 0.481 e. The minimum atomic E-state index is -0.899. The Hall–Kier alpha value is -1.43. The molecule has 0 spiro atoms. The molecule has 96 valence electrons. The minimum absolute atomic E-state index is 0.178. The zero-order chi connectivity index (χ0) is 13.3. The zero-order valence-corrected chi connectivity index (χ0v) is 11.0. The van der Waals surface area contributed by atoms with Gasteiger partial charge in [-0.1, -0.05) is 0 Å². The highest BCUT2D eigenvalue weighted by molar-refractivity contribution is 9.10. The van der Waals surface area contributed by atoms with Crippen LogP contribution < -0.4 is 0 Å². The topological polar surface area (TPSA) is 57.6 Å². The molecule has 2 rings (SSSR count). The Morgan fingerprint density at radius 2 is 2.17 bits per heavy atom. The van der Waals surface area contributed by atoms with E-state index in [4.69, 9.17) is 5.11 Å². The van der Waals surface area contributed by atoms with E-state index in [1.165, 1.54) is 17.0 Å². The van der Waals surface area contributed by atoms with Crippen LogP contribution in [0.4, 0.5) is 4.39 Å². The Balaban J connectivity index is 2.17. The number of nitrogens with zero attached hydrogens (tertiary/aromatic N) is 1. The van der Waals surface area contributed by atoms with Crippen molar-refractivity contribution in [1.29, 1.82) is 0 Å². The standard InChI is InChI=1S/C12H11BrFNO3/c13-10-2-1-8(14)5-9(10)11(16)15-4-3-7(6-15)12(17)18/h1-2,5,7H,3-4,6H2,(H,17,18)/t7-/m0/s1. The van der Waals surface area contributed by atoms with Crippen LogP contribution in [0.15, 0.2) is 22.7 Å². The summed E-state index contributed by atoms with van der Waals surface area (Å²) in [6, 6.07) is 3.87. The molecule has 0 radical (unpaired) electrons. The van der Waals surface area contributed by atoms with Crippen molar-refractivity contribution < 1.29 is 19.1 Å². The van der Waals surface area contributed by atoms with E-state index in [0.29, 0.717) is 17.4 Å². The maximum atomic E-state index is 13.1. The van der Waals surface area contributed by atoms with Crippen LogP contribution in [-0.4, -0.2) is 35.0 Å². The summed E-state index contributed by atoms with van der Waals surface area (Å²) < 4.78 is 13.6. The number of aliphatic carboxylic acids is 1. The molecule has 0 unspecified atom stereocenters.